The number of rotatable bonds is 4. The summed E-state index contributed by atoms with van der Waals surface area (Å²) in [6.45, 7) is 0. The third-order valence-electron chi connectivity index (χ3n) is 3.08. The fourth-order valence-corrected chi connectivity index (χ4v) is 3.23. The van der Waals surface area contributed by atoms with Gasteiger partial charge in [0, 0.05) is 16.3 Å². The van der Waals surface area contributed by atoms with Crippen LogP contribution in [-0.2, 0) is 5.75 Å². The number of nitrogens with zero attached hydrogens (tertiary/aromatic N) is 3. The molecule has 3 aromatic rings. The molecule has 7 heteroatoms. The Morgan fingerprint density at radius 2 is 2.04 bits per heavy atom. The van der Waals surface area contributed by atoms with Gasteiger partial charge in [-0.2, -0.15) is 5.26 Å². The van der Waals surface area contributed by atoms with Crippen LogP contribution >= 0.6 is 35.0 Å². The number of H-pyrrole nitrogens is 1. The number of halogens is 2. The molecule has 0 aliphatic heterocycles. The first-order chi connectivity index (χ1) is 11.2. The second-order valence-corrected chi connectivity index (χ2v) is 6.48. The van der Waals surface area contributed by atoms with Crippen LogP contribution < -0.4 is 0 Å². The van der Waals surface area contributed by atoms with Crippen molar-refractivity contribution in [1.29, 1.82) is 5.26 Å². The highest BCUT2D eigenvalue weighted by Crippen LogP contribution is 2.29. The number of hydrogen-bond acceptors (Lipinski definition) is 4. The first-order valence-corrected chi connectivity index (χ1v) is 8.39. The van der Waals surface area contributed by atoms with E-state index in [1.165, 1.54) is 11.8 Å². The van der Waals surface area contributed by atoms with Gasteiger partial charge in [-0.1, -0.05) is 47.1 Å². The van der Waals surface area contributed by atoms with Gasteiger partial charge in [-0.05, 0) is 35.9 Å². The maximum atomic E-state index is 8.91. The molecule has 4 nitrogen and oxygen atoms in total. The van der Waals surface area contributed by atoms with Crippen LogP contribution in [0, 0.1) is 11.3 Å². The largest absolute Gasteiger partial charge is 0.258 e. The predicted molar refractivity (Wildman–Crippen MR) is 92.6 cm³/mol. The maximum absolute atomic E-state index is 8.91. The minimum absolute atomic E-state index is 0.520. The third kappa shape index (κ3) is 3.85. The van der Waals surface area contributed by atoms with Crippen molar-refractivity contribution in [2.45, 2.75) is 10.9 Å². The molecule has 2 aromatic carbocycles. The Morgan fingerprint density at radius 3 is 2.83 bits per heavy atom. The summed E-state index contributed by atoms with van der Waals surface area (Å²) in [5, 5.41) is 17.7. The summed E-state index contributed by atoms with van der Waals surface area (Å²) in [6, 6.07) is 14.8. The van der Waals surface area contributed by atoms with Gasteiger partial charge >= 0.3 is 0 Å². The van der Waals surface area contributed by atoms with E-state index >= 15 is 0 Å². The summed E-state index contributed by atoms with van der Waals surface area (Å²) in [7, 11) is 0. The molecule has 0 aliphatic carbocycles. The highest BCUT2D eigenvalue weighted by molar-refractivity contribution is 7.98. The molecule has 0 aliphatic rings. The van der Waals surface area contributed by atoms with Crippen molar-refractivity contribution in [3.63, 3.8) is 0 Å². The molecule has 1 aromatic heterocycles. The molecule has 0 saturated heterocycles. The lowest BCUT2D eigenvalue weighted by atomic mass is 10.2. The summed E-state index contributed by atoms with van der Waals surface area (Å²) in [5.74, 6) is 1.28. The van der Waals surface area contributed by atoms with Crippen LogP contribution in [0.3, 0.4) is 0 Å². The molecule has 0 fully saturated rings. The number of nitriles is 1. The van der Waals surface area contributed by atoms with E-state index in [1.807, 2.05) is 18.2 Å². The van der Waals surface area contributed by atoms with Gasteiger partial charge in [0.05, 0.1) is 16.7 Å². The Hall–Kier alpha value is -2.00. The van der Waals surface area contributed by atoms with Crippen molar-refractivity contribution in [1.82, 2.24) is 15.2 Å². The number of hydrogen-bond donors (Lipinski definition) is 1. The average molecular weight is 361 g/mol. The second kappa shape index (κ2) is 7.05. The van der Waals surface area contributed by atoms with Crippen molar-refractivity contribution < 1.29 is 0 Å². The molecule has 0 spiro atoms. The van der Waals surface area contributed by atoms with E-state index in [9.17, 15) is 0 Å². The summed E-state index contributed by atoms with van der Waals surface area (Å²) in [5.41, 5.74) is 2.44. The lowest BCUT2D eigenvalue weighted by Crippen LogP contribution is -1.84. The van der Waals surface area contributed by atoms with E-state index in [-0.39, 0.29) is 0 Å². The molecule has 0 bridgehead atoms. The summed E-state index contributed by atoms with van der Waals surface area (Å²) in [4.78, 5) is 4.43. The zero-order chi connectivity index (χ0) is 16.2. The van der Waals surface area contributed by atoms with Crippen molar-refractivity contribution in [3.05, 3.63) is 63.6 Å². The van der Waals surface area contributed by atoms with Gasteiger partial charge < -0.3 is 0 Å². The molecule has 0 amide bonds. The summed E-state index contributed by atoms with van der Waals surface area (Å²) >= 11 is 13.5. The van der Waals surface area contributed by atoms with Crippen LogP contribution in [-0.4, -0.2) is 15.2 Å². The van der Waals surface area contributed by atoms with Crippen LogP contribution in [0.15, 0.2) is 47.6 Å². The fraction of sp³-hybridized carbons (Fsp3) is 0.0625. The molecule has 114 valence electrons. The SMILES string of the molecule is N#Cc1cccc(CSc2n[nH]c(-c3ccc(Cl)cc3Cl)n2)c1. The normalized spacial score (nSPS) is 10.5. The van der Waals surface area contributed by atoms with Gasteiger partial charge in [-0.25, -0.2) is 4.98 Å². The van der Waals surface area contributed by atoms with E-state index in [0.717, 1.165) is 11.1 Å². The number of aromatic amines is 1. The van der Waals surface area contributed by atoms with E-state index in [0.29, 0.717) is 32.3 Å². The Kier molecular flexibility index (Phi) is 4.87. The van der Waals surface area contributed by atoms with Gasteiger partial charge in [-0.15, -0.1) is 5.10 Å². The monoisotopic (exact) mass is 360 g/mol. The standard InChI is InChI=1S/C16H10Cl2N4S/c17-12-4-5-13(14(18)7-12)15-20-16(22-21-15)23-9-11-3-1-2-10(6-11)8-19/h1-7H,9H2,(H,20,21,22). The molecule has 1 N–H and O–H groups in total. The van der Waals surface area contributed by atoms with Crippen LogP contribution in [0.5, 0.6) is 0 Å². The van der Waals surface area contributed by atoms with E-state index in [1.54, 1.807) is 24.3 Å². The van der Waals surface area contributed by atoms with E-state index in [4.69, 9.17) is 28.5 Å². The van der Waals surface area contributed by atoms with Gasteiger partial charge in [0.25, 0.3) is 0 Å². The molecule has 0 unspecified atom stereocenters. The Morgan fingerprint density at radius 1 is 1.17 bits per heavy atom. The van der Waals surface area contributed by atoms with Crippen molar-refractivity contribution in [3.8, 4) is 17.5 Å². The zero-order valence-electron chi connectivity index (χ0n) is 11.8. The van der Waals surface area contributed by atoms with Gasteiger partial charge in [0.1, 0.15) is 0 Å². The van der Waals surface area contributed by atoms with Crippen LogP contribution in [0.1, 0.15) is 11.1 Å². The number of thioether (sulfide) groups is 1. The molecule has 3 rings (SSSR count). The van der Waals surface area contributed by atoms with E-state index in [2.05, 4.69) is 21.3 Å². The van der Waals surface area contributed by atoms with Crippen molar-refractivity contribution in [2.24, 2.45) is 0 Å². The van der Waals surface area contributed by atoms with E-state index < -0.39 is 0 Å². The summed E-state index contributed by atoms with van der Waals surface area (Å²) < 4.78 is 0. The van der Waals surface area contributed by atoms with Crippen LogP contribution in [0.25, 0.3) is 11.4 Å². The minimum atomic E-state index is 0.520. The number of aromatic nitrogens is 3. The van der Waals surface area contributed by atoms with Gasteiger partial charge in [-0.3, -0.25) is 5.10 Å². The fourth-order valence-electron chi connectivity index (χ4n) is 1.99. The number of nitrogens with one attached hydrogen (secondary N) is 1. The van der Waals surface area contributed by atoms with Crippen molar-refractivity contribution >= 4 is 35.0 Å². The number of benzene rings is 2. The minimum Gasteiger partial charge on any atom is -0.258 e. The van der Waals surface area contributed by atoms with Crippen molar-refractivity contribution in [2.75, 3.05) is 0 Å². The van der Waals surface area contributed by atoms with Crippen LogP contribution in [0.2, 0.25) is 10.0 Å². The quantitative estimate of drug-likeness (QED) is 0.669. The molecule has 0 radical (unpaired) electrons. The smallest absolute Gasteiger partial charge is 0.209 e. The maximum Gasteiger partial charge on any atom is 0.209 e. The van der Waals surface area contributed by atoms with Crippen LogP contribution in [0.4, 0.5) is 0 Å². The van der Waals surface area contributed by atoms with Gasteiger partial charge in [0.15, 0.2) is 5.82 Å². The topological polar surface area (TPSA) is 65.4 Å². The molecule has 23 heavy (non-hydrogen) atoms. The second-order valence-electron chi connectivity index (χ2n) is 4.69. The Balaban J connectivity index is 1.73. The third-order valence-corrected chi connectivity index (χ3v) is 4.54. The Labute approximate surface area is 147 Å². The van der Waals surface area contributed by atoms with Gasteiger partial charge in [0.2, 0.25) is 5.16 Å². The highest BCUT2D eigenvalue weighted by atomic mass is 35.5. The predicted octanol–water partition coefficient (Wildman–Crippen LogP) is 4.94. The summed E-state index contributed by atoms with van der Waals surface area (Å²) in [6.07, 6.45) is 0. The molecular weight excluding hydrogens is 351 g/mol. The zero-order valence-corrected chi connectivity index (χ0v) is 14.1. The molecule has 1 heterocycles. The average Bonchev–Trinajstić information content (AvgIpc) is 3.02. The Bertz CT molecular complexity index is 886. The first-order valence-electron chi connectivity index (χ1n) is 6.65. The molecular formula is C16H10Cl2N4S. The first kappa shape index (κ1) is 15.9. The highest BCUT2D eigenvalue weighted by Gasteiger charge is 2.10. The molecule has 0 atom stereocenters. The molecule has 0 saturated carbocycles. The lowest BCUT2D eigenvalue weighted by Gasteiger charge is -2.00. The lowest BCUT2D eigenvalue weighted by molar-refractivity contribution is 0.973.